The number of rotatable bonds is 2. The van der Waals surface area contributed by atoms with Crippen LogP contribution in [0.4, 0.5) is 23.2 Å². The highest BCUT2D eigenvalue weighted by atomic mass is 19.2. The van der Waals surface area contributed by atoms with E-state index in [-0.39, 0.29) is 13.1 Å². The number of nitrogens with zero attached hydrogens (tertiary/aromatic N) is 2. The number of anilines is 1. The summed E-state index contributed by atoms with van der Waals surface area (Å²) in [5.41, 5.74) is 0.203. The quantitative estimate of drug-likeness (QED) is 0.477. The van der Waals surface area contributed by atoms with Crippen molar-refractivity contribution in [3.63, 3.8) is 0 Å². The van der Waals surface area contributed by atoms with Crippen molar-refractivity contribution >= 4 is 11.6 Å². The molecular weight excluding hydrogens is 324 g/mol. The lowest BCUT2D eigenvalue weighted by atomic mass is 10.1. The Labute approximate surface area is 136 Å². The Morgan fingerprint density at radius 3 is 2.08 bits per heavy atom. The maximum absolute atomic E-state index is 13.7. The number of para-hydroxylation sites is 1. The van der Waals surface area contributed by atoms with Gasteiger partial charge in [0.2, 0.25) is 0 Å². The van der Waals surface area contributed by atoms with Gasteiger partial charge >= 0.3 is 0 Å². The zero-order valence-electron chi connectivity index (χ0n) is 12.6. The molecule has 24 heavy (non-hydrogen) atoms. The van der Waals surface area contributed by atoms with Crippen LogP contribution in [0.25, 0.3) is 0 Å². The van der Waals surface area contributed by atoms with Gasteiger partial charge in [-0.15, -0.1) is 0 Å². The molecule has 1 heterocycles. The van der Waals surface area contributed by atoms with Gasteiger partial charge in [-0.1, -0.05) is 18.2 Å². The Morgan fingerprint density at radius 2 is 1.46 bits per heavy atom. The molecule has 1 amide bonds. The van der Waals surface area contributed by atoms with Crippen LogP contribution in [-0.2, 0) is 0 Å². The first-order chi connectivity index (χ1) is 11.5. The van der Waals surface area contributed by atoms with Gasteiger partial charge in [-0.25, -0.2) is 17.6 Å². The monoisotopic (exact) mass is 338 g/mol. The van der Waals surface area contributed by atoms with Crippen LogP contribution in [-0.4, -0.2) is 37.0 Å². The van der Waals surface area contributed by atoms with Crippen LogP contribution in [0.15, 0.2) is 36.4 Å². The minimum absolute atomic E-state index is 0.272. The average Bonchev–Trinajstić information content (AvgIpc) is 2.63. The Kier molecular flexibility index (Phi) is 4.42. The molecule has 7 heteroatoms. The summed E-state index contributed by atoms with van der Waals surface area (Å²) in [6.45, 7) is 1.55. The molecule has 0 unspecified atom stereocenters. The molecule has 2 aromatic carbocycles. The van der Waals surface area contributed by atoms with E-state index < -0.39 is 34.7 Å². The highest BCUT2D eigenvalue weighted by Crippen LogP contribution is 2.22. The van der Waals surface area contributed by atoms with Gasteiger partial charge in [0.25, 0.3) is 5.91 Å². The second-order valence-corrected chi connectivity index (χ2v) is 5.46. The van der Waals surface area contributed by atoms with Gasteiger partial charge in [0.15, 0.2) is 23.3 Å². The Hall–Kier alpha value is -2.57. The van der Waals surface area contributed by atoms with Gasteiger partial charge in [-0.05, 0) is 18.2 Å². The third kappa shape index (κ3) is 2.93. The predicted octanol–water partition coefficient (Wildman–Crippen LogP) is 3.21. The number of hydrogen-bond donors (Lipinski definition) is 0. The Morgan fingerprint density at radius 1 is 0.833 bits per heavy atom. The number of benzene rings is 2. The maximum Gasteiger partial charge on any atom is 0.257 e. The smallest absolute Gasteiger partial charge is 0.257 e. The Balaban J connectivity index is 1.74. The second-order valence-electron chi connectivity index (χ2n) is 5.46. The summed E-state index contributed by atoms with van der Waals surface area (Å²) < 4.78 is 53.3. The Bertz CT molecular complexity index is 759. The second kappa shape index (κ2) is 6.51. The molecule has 0 bridgehead atoms. The van der Waals surface area contributed by atoms with Crippen molar-refractivity contribution in [2.24, 2.45) is 0 Å². The number of amides is 1. The van der Waals surface area contributed by atoms with Crippen LogP contribution < -0.4 is 4.90 Å². The molecule has 0 radical (unpaired) electrons. The van der Waals surface area contributed by atoms with Crippen LogP contribution in [0.1, 0.15) is 10.4 Å². The molecule has 0 atom stereocenters. The fraction of sp³-hybridized carbons (Fsp3) is 0.235. The number of piperazine rings is 1. The third-order valence-corrected chi connectivity index (χ3v) is 4.02. The van der Waals surface area contributed by atoms with E-state index in [1.165, 1.54) is 4.90 Å². The van der Waals surface area contributed by atoms with E-state index in [2.05, 4.69) is 0 Å². The molecule has 1 aliphatic heterocycles. The van der Waals surface area contributed by atoms with Gasteiger partial charge < -0.3 is 9.80 Å². The first kappa shape index (κ1) is 16.3. The predicted molar refractivity (Wildman–Crippen MR) is 80.8 cm³/mol. The van der Waals surface area contributed by atoms with E-state index in [9.17, 15) is 22.4 Å². The first-order valence-electron chi connectivity index (χ1n) is 7.41. The number of carbonyl (C=O) groups is 1. The van der Waals surface area contributed by atoms with E-state index in [1.807, 2.05) is 35.2 Å². The van der Waals surface area contributed by atoms with E-state index in [0.717, 1.165) is 5.69 Å². The van der Waals surface area contributed by atoms with E-state index in [4.69, 9.17) is 0 Å². The van der Waals surface area contributed by atoms with E-state index >= 15 is 0 Å². The zero-order valence-corrected chi connectivity index (χ0v) is 12.6. The summed E-state index contributed by atoms with van der Waals surface area (Å²) >= 11 is 0. The standard InChI is InChI=1S/C17H14F4N2O/c18-13-10-12(14(19)16(21)15(13)20)17(24)23-8-6-22(7-9-23)11-4-2-1-3-5-11/h1-5,10H,6-9H2. The molecule has 1 fully saturated rings. The van der Waals surface area contributed by atoms with Crippen LogP contribution >= 0.6 is 0 Å². The fourth-order valence-corrected chi connectivity index (χ4v) is 2.71. The molecule has 3 rings (SSSR count). The van der Waals surface area contributed by atoms with Crippen molar-refractivity contribution < 1.29 is 22.4 Å². The van der Waals surface area contributed by atoms with Crippen molar-refractivity contribution in [1.29, 1.82) is 0 Å². The largest absolute Gasteiger partial charge is 0.368 e. The minimum Gasteiger partial charge on any atom is -0.368 e. The highest BCUT2D eigenvalue weighted by Gasteiger charge is 2.28. The molecule has 0 N–H and O–H groups in total. The SMILES string of the molecule is O=C(c1cc(F)c(F)c(F)c1F)N1CCN(c2ccccc2)CC1. The van der Waals surface area contributed by atoms with Gasteiger partial charge in [0.05, 0.1) is 5.56 Å². The van der Waals surface area contributed by atoms with Gasteiger partial charge in [0, 0.05) is 31.9 Å². The topological polar surface area (TPSA) is 23.6 Å². The van der Waals surface area contributed by atoms with E-state index in [1.54, 1.807) is 0 Å². The summed E-state index contributed by atoms with van der Waals surface area (Å²) in [7, 11) is 0. The van der Waals surface area contributed by atoms with Gasteiger partial charge in [0.1, 0.15) is 0 Å². The molecule has 1 saturated heterocycles. The number of carbonyl (C=O) groups excluding carboxylic acids is 1. The highest BCUT2D eigenvalue weighted by molar-refractivity contribution is 5.94. The van der Waals surface area contributed by atoms with Crippen LogP contribution in [0.5, 0.6) is 0 Å². The minimum atomic E-state index is -1.97. The first-order valence-corrected chi connectivity index (χ1v) is 7.41. The lowest BCUT2D eigenvalue weighted by Crippen LogP contribution is -2.49. The molecule has 0 spiro atoms. The van der Waals surface area contributed by atoms with E-state index in [0.29, 0.717) is 19.2 Å². The average molecular weight is 338 g/mol. The summed E-state index contributed by atoms with van der Waals surface area (Å²) in [6, 6.07) is 9.95. The van der Waals surface area contributed by atoms with Crippen molar-refractivity contribution in [3.8, 4) is 0 Å². The van der Waals surface area contributed by atoms with Crippen molar-refractivity contribution in [2.45, 2.75) is 0 Å². The van der Waals surface area contributed by atoms with Gasteiger partial charge in [-0.3, -0.25) is 4.79 Å². The van der Waals surface area contributed by atoms with Crippen molar-refractivity contribution in [1.82, 2.24) is 4.90 Å². The summed E-state index contributed by atoms with van der Waals surface area (Å²) in [6.07, 6.45) is 0. The summed E-state index contributed by atoms with van der Waals surface area (Å²) in [5.74, 6) is -7.98. The molecule has 2 aromatic rings. The lowest BCUT2D eigenvalue weighted by molar-refractivity contribution is 0.0740. The number of halogens is 4. The van der Waals surface area contributed by atoms with Crippen LogP contribution in [0, 0.1) is 23.3 Å². The molecule has 1 aliphatic rings. The van der Waals surface area contributed by atoms with Crippen molar-refractivity contribution in [3.05, 3.63) is 65.2 Å². The molecule has 126 valence electrons. The summed E-state index contributed by atoms with van der Waals surface area (Å²) in [4.78, 5) is 15.6. The molecular formula is C17H14F4N2O. The molecule has 0 saturated carbocycles. The van der Waals surface area contributed by atoms with Crippen LogP contribution in [0.3, 0.4) is 0 Å². The summed E-state index contributed by atoms with van der Waals surface area (Å²) in [5, 5.41) is 0. The fourth-order valence-electron chi connectivity index (χ4n) is 2.71. The van der Waals surface area contributed by atoms with Crippen molar-refractivity contribution in [2.75, 3.05) is 31.1 Å². The van der Waals surface area contributed by atoms with Crippen LogP contribution in [0.2, 0.25) is 0 Å². The normalized spacial score (nSPS) is 14.8. The lowest BCUT2D eigenvalue weighted by Gasteiger charge is -2.36. The maximum atomic E-state index is 13.7. The van der Waals surface area contributed by atoms with Gasteiger partial charge in [-0.2, -0.15) is 0 Å². The number of hydrogen-bond acceptors (Lipinski definition) is 2. The zero-order chi connectivity index (χ0) is 17.3. The molecule has 0 aliphatic carbocycles. The molecule has 3 nitrogen and oxygen atoms in total. The molecule has 0 aromatic heterocycles. The third-order valence-electron chi connectivity index (χ3n) is 4.02.